The number of hydrogen-bond donors (Lipinski definition) is 0. The van der Waals surface area contributed by atoms with Crippen molar-refractivity contribution in [2.45, 2.75) is 39.2 Å². The van der Waals surface area contributed by atoms with Gasteiger partial charge in [0, 0.05) is 6.54 Å². The molecule has 16 heavy (non-hydrogen) atoms. The van der Waals surface area contributed by atoms with Gasteiger partial charge in [0.2, 0.25) is 0 Å². The zero-order chi connectivity index (χ0) is 10.5. The van der Waals surface area contributed by atoms with Gasteiger partial charge in [-0.1, -0.05) is 38.3 Å². The molecule has 88 valence electrons. The van der Waals surface area contributed by atoms with Crippen LogP contribution in [0.1, 0.15) is 32.6 Å². The van der Waals surface area contributed by atoms with Gasteiger partial charge in [-0.15, -0.1) is 12.4 Å². The maximum atomic E-state index is 4.38. The first-order valence-electron chi connectivity index (χ1n) is 5.81. The van der Waals surface area contributed by atoms with Crippen LogP contribution < -0.4 is 0 Å². The highest BCUT2D eigenvalue weighted by molar-refractivity contribution is 5.85. The quantitative estimate of drug-likeness (QED) is 0.719. The molecule has 0 aliphatic heterocycles. The van der Waals surface area contributed by atoms with Crippen LogP contribution in [0.2, 0.25) is 0 Å². The van der Waals surface area contributed by atoms with E-state index in [2.05, 4.69) is 34.7 Å². The minimum atomic E-state index is 0. The Kier molecular flexibility index (Phi) is 5.33. The van der Waals surface area contributed by atoms with Gasteiger partial charge < -0.3 is 4.57 Å². The van der Waals surface area contributed by atoms with Gasteiger partial charge in [-0.3, -0.25) is 0 Å². The summed E-state index contributed by atoms with van der Waals surface area (Å²) in [7, 11) is 0. The van der Waals surface area contributed by atoms with E-state index >= 15 is 0 Å². The molecule has 0 aliphatic carbocycles. The van der Waals surface area contributed by atoms with Crippen molar-refractivity contribution in [3.63, 3.8) is 0 Å². The summed E-state index contributed by atoms with van der Waals surface area (Å²) in [5.41, 5.74) is 2.36. The Morgan fingerprint density at radius 3 is 2.75 bits per heavy atom. The maximum absolute atomic E-state index is 4.38. The Hall–Kier alpha value is -1.02. The molecule has 2 aromatic rings. The van der Waals surface area contributed by atoms with Gasteiger partial charge in [-0.05, 0) is 18.6 Å². The standard InChI is InChI=1S/C13H18N2.ClH/c1-2-3-4-7-10-15-11-14-12-8-5-6-9-13(12)15;/h5-6,8-9,11H,2-4,7,10H2,1H3;1H. The number of para-hydroxylation sites is 2. The predicted molar refractivity (Wildman–Crippen MR) is 71.1 cm³/mol. The minimum absolute atomic E-state index is 0. The second kappa shape index (κ2) is 6.54. The maximum Gasteiger partial charge on any atom is 0.0958 e. The lowest BCUT2D eigenvalue weighted by Crippen LogP contribution is -1.95. The van der Waals surface area contributed by atoms with Gasteiger partial charge in [-0.25, -0.2) is 4.98 Å². The van der Waals surface area contributed by atoms with E-state index in [1.807, 2.05) is 12.4 Å². The van der Waals surface area contributed by atoms with Gasteiger partial charge >= 0.3 is 0 Å². The minimum Gasteiger partial charge on any atom is -0.331 e. The average Bonchev–Trinajstić information content (AvgIpc) is 2.68. The number of benzene rings is 1. The lowest BCUT2D eigenvalue weighted by atomic mass is 10.2. The number of nitrogens with zero attached hydrogens (tertiary/aromatic N) is 2. The van der Waals surface area contributed by atoms with Crippen LogP contribution >= 0.6 is 12.4 Å². The van der Waals surface area contributed by atoms with Crippen molar-refractivity contribution < 1.29 is 0 Å². The van der Waals surface area contributed by atoms with Crippen LogP contribution in [-0.4, -0.2) is 9.55 Å². The number of imidazole rings is 1. The number of rotatable bonds is 5. The topological polar surface area (TPSA) is 17.8 Å². The number of aromatic nitrogens is 2. The fourth-order valence-electron chi connectivity index (χ4n) is 1.90. The van der Waals surface area contributed by atoms with Crippen molar-refractivity contribution in [3.8, 4) is 0 Å². The highest BCUT2D eigenvalue weighted by atomic mass is 35.5. The van der Waals surface area contributed by atoms with Crippen LogP contribution in [0.5, 0.6) is 0 Å². The molecule has 0 amide bonds. The summed E-state index contributed by atoms with van der Waals surface area (Å²) in [5.74, 6) is 0. The van der Waals surface area contributed by atoms with E-state index in [-0.39, 0.29) is 12.4 Å². The highest BCUT2D eigenvalue weighted by Crippen LogP contribution is 2.13. The smallest absolute Gasteiger partial charge is 0.0958 e. The lowest BCUT2D eigenvalue weighted by molar-refractivity contribution is 0.591. The van der Waals surface area contributed by atoms with Crippen molar-refractivity contribution >= 4 is 23.4 Å². The molecule has 0 spiro atoms. The van der Waals surface area contributed by atoms with E-state index in [1.165, 1.54) is 31.2 Å². The first-order chi connectivity index (χ1) is 7.42. The van der Waals surface area contributed by atoms with Crippen molar-refractivity contribution in [1.82, 2.24) is 9.55 Å². The molecule has 0 saturated carbocycles. The Morgan fingerprint density at radius 2 is 1.94 bits per heavy atom. The van der Waals surface area contributed by atoms with Crippen LogP contribution in [0.3, 0.4) is 0 Å². The average molecular weight is 239 g/mol. The fourth-order valence-corrected chi connectivity index (χ4v) is 1.90. The molecular weight excluding hydrogens is 220 g/mol. The molecule has 0 N–H and O–H groups in total. The van der Waals surface area contributed by atoms with Gasteiger partial charge in [0.05, 0.1) is 17.4 Å². The lowest BCUT2D eigenvalue weighted by Gasteiger charge is -2.03. The number of hydrogen-bond acceptors (Lipinski definition) is 1. The summed E-state index contributed by atoms with van der Waals surface area (Å²) in [4.78, 5) is 4.38. The number of halogens is 1. The van der Waals surface area contributed by atoms with Gasteiger partial charge in [0.25, 0.3) is 0 Å². The highest BCUT2D eigenvalue weighted by Gasteiger charge is 1.99. The van der Waals surface area contributed by atoms with E-state index in [4.69, 9.17) is 0 Å². The predicted octanol–water partition coefficient (Wildman–Crippen LogP) is 4.04. The Balaban J connectivity index is 0.00000128. The zero-order valence-corrected chi connectivity index (χ0v) is 10.5. The molecule has 1 aromatic carbocycles. The second-order valence-electron chi connectivity index (χ2n) is 3.99. The summed E-state index contributed by atoms with van der Waals surface area (Å²) >= 11 is 0. The van der Waals surface area contributed by atoms with Crippen LogP contribution in [-0.2, 0) is 6.54 Å². The molecule has 0 fully saturated rings. The molecular formula is C13H19ClN2. The summed E-state index contributed by atoms with van der Waals surface area (Å²) in [6.45, 7) is 3.34. The van der Waals surface area contributed by atoms with Crippen molar-refractivity contribution in [1.29, 1.82) is 0 Å². The molecule has 1 aromatic heterocycles. The Morgan fingerprint density at radius 1 is 1.12 bits per heavy atom. The monoisotopic (exact) mass is 238 g/mol. The second-order valence-corrected chi connectivity index (χ2v) is 3.99. The molecule has 0 radical (unpaired) electrons. The molecule has 2 nitrogen and oxygen atoms in total. The van der Waals surface area contributed by atoms with E-state index in [1.54, 1.807) is 0 Å². The Labute approximate surface area is 103 Å². The fraction of sp³-hybridized carbons (Fsp3) is 0.462. The van der Waals surface area contributed by atoms with Crippen LogP contribution in [0, 0.1) is 0 Å². The molecule has 0 bridgehead atoms. The third kappa shape index (κ3) is 2.99. The summed E-state index contributed by atoms with van der Waals surface area (Å²) in [6.07, 6.45) is 7.17. The molecule has 3 heteroatoms. The largest absolute Gasteiger partial charge is 0.331 e. The van der Waals surface area contributed by atoms with Gasteiger partial charge in [-0.2, -0.15) is 0 Å². The third-order valence-electron chi connectivity index (χ3n) is 2.78. The van der Waals surface area contributed by atoms with Gasteiger partial charge in [0.15, 0.2) is 0 Å². The van der Waals surface area contributed by atoms with E-state index in [0.717, 1.165) is 12.1 Å². The molecule has 0 aliphatic rings. The van der Waals surface area contributed by atoms with Crippen molar-refractivity contribution in [2.24, 2.45) is 0 Å². The van der Waals surface area contributed by atoms with E-state index < -0.39 is 0 Å². The van der Waals surface area contributed by atoms with Crippen LogP contribution in [0.25, 0.3) is 11.0 Å². The van der Waals surface area contributed by atoms with Crippen molar-refractivity contribution in [2.75, 3.05) is 0 Å². The third-order valence-corrected chi connectivity index (χ3v) is 2.78. The molecule has 0 saturated heterocycles. The van der Waals surface area contributed by atoms with Crippen LogP contribution in [0.15, 0.2) is 30.6 Å². The zero-order valence-electron chi connectivity index (χ0n) is 9.72. The summed E-state index contributed by atoms with van der Waals surface area (Å²) in [6, 6.07) is 8.32. The number of unbranched alkanes of at least 4 members (excludes halogenated alkanes) is 3. The van der Waals surface area contributed by atoms with E-state index in [0.29, 0.717) is 0 Å². The molecule has 2 rings (SSSR count). The first kappa shape index (κ1) is 13.0. The molecule has 0 unspecified atom stereocenters. The molecule has 0 atom stereocenters. The van der Waals surface area contributed by atoms with Crippen molar-refractivity contribution in [3.05, 3.63) is 30.6 Å². The van der Waals surface area contributed by atoms with E-state index in [9.17, 15) is 0 Å². The van der Waals surface area contributed by atoms with Gasteiger partial charge in [0.1, 0.15) is 0 Å². The summed E-state index contributed by atoms with van der Waals surface area (Å²) in [5, 5.41) is 0. The normalized spacial score (nSPS) is 10.3. The number of fused-ring (bicyclic) bond motifs is 1. The SMILES string of the molecule is CCCCCCn1cnc2ccccc21.Cl. The molecule has 1 heterocycles. The van der Waals surface area contributed by atoms with Crippen LogP contribution in [0.4, 0.5) is 0 Å². The number of aryl methyl sites for hydroxylation is 1. The Bertz CT molecular complexity index is 423. The summed E-state index contributed by atoms with van der Waals surface area (Å²) < 4.78 is 2.25. The first-order valence-corrected chi connectivity index (χ1v) is 5.81.